The second-order valence-electron chi connectivity index (χ2n) is 5.49. The third-order valence-electron chi connectivity index (χ3n) is 3.87. The number of carbonyl (C=O) groups is 1. The van der Waals surface area contributed by atoms with E-state index in [0.717, 1.165) is 33.7 Å². The maximum absolute atomic E-state index is 12.3. The van der Waals surface area contributed by atoms with E-state index in [2.05, 4.69) is 12.1 Å². The fraction of sp³-hybridized carbons (Fsp3) is 0.0952. The number of halogens is 1. The van der Waals surface area contributed by atoms with Gasteiger partial charge in [-0.1, -0.05) is 78.3 Å². The summed E-state index contributed by atoms with van der Waals surface area (Å²) in [5.41, 5.74) is 4.18. The Morgan fingerprint density at radius 2 is 1.35 bits per heavy atom. The third-order valence-corrected chi connectivity index (χ3v) is 4.12. The Morgan fingerprint density at radius 3 is 2.00 bits per heavy atom. The molecule has 0 unspecified atom stereocenters. The number of carbonyl (C=O) groups excluding carboxylic acids is 1. The number of rotatable bonds is 5. The lowest BCUT2D eigenvalue weighted by Gasteiger charge is -2.05. The van der Waals surface area contributed by atoms with Crippen molar-refractivity contribution in [2.75, 3.05) is 0 Å². The van der Waals surface area contributed by atoms with Crippen molar-refractivity contribution in [1.82, 2.24) is 0 Å². The molecule has 0 spiro atoms. The van der Waals surface area contributed by atoms with E-state index in [9.17, 15) is 4.79 Å². The van der Waals surface area contributed by atoms with Crippen molar-refractivity contribution in [1.29, 1.82) is 0 Å². The molecule has 0 amide bonds. The lowest BCUT2D eigenvalue weighted by molar-refractivity contribution is 0.0983. The summed E-state index contributed by atoms with van der Waals surface area (Å²) in [4.78, 5) is 12.3. The Balaban J connectivity index is 1.65. The Hall–Kier alpha value is -2.38. The molecule has 114 valence electrons. The van der Waals surface area contributed by atoms with E-state index in [1.807, 2.05) is 66.7 Å². The second kappa shape index (κ2) is 7.26. The van der Waals surface area contributed by atoms with Crippen LogP contribution in [0.4, 0.5) is 0 Å². The lowest BCUT2D eigenvalue weighted by Crippen LogP contribution is -2.01. The first-order chi connectivity index (χ1) is 11.2. The Bertz CT molecular complexity index is 774. The van der Waals surface area contributed by atoms with E-state index < -0.39 is 0 Å². The molecule has 0 aliphatic heterocycles. The van der Waals surface area contributed by atoms with Gasteiger partial charge < -0.3 is 0 Å². The zero-order valence-electron chi connectivity index (χ0n) is 12.7. The fourth-order valence-electron chi connectivity index (χ4n) is 2.53. The zero-order valence-corrected chi connectivity index (χ0v) is 13.5. The average molecular weight is 321 g/mol. The number of benzene rings is 3. The van der Waals surface area contributed by atoms with Gasteiger partial charge in [-0.15, -0.1) is 0 Å². The number of aryl methyl sites for hydroxylation is 1. The van der Waals surface area contributed by atoms with Crippen LogP contribution in [0.1, 0.15) is 22.3 Å². The Labute approximate surface area is 141 Å². The number of hydrogen-bond acceptors (Lipinski definition) is 1. The molecule has 3 aromatic carbocycles. The minimum Gasteiger partial charge on any atom is -0.294 e. The van der Waals surface area contributed by atoms with E-state index in [0.29, 0.717) is 6.42 Å². The van der Waals surface area contributed by atoms with Crippen LogP contribution in [0, 0.1) is 0 Å². The third kappa shape index (κ3) is 4.08. The first-order valence-electron chi connectivity index (χ1n) is 7.65. The zero-order chi connectivity index (χ0) is 16.1. The molecule has 0 radical (unpaired) electrons. The van der Waals surface area contributed by atoms with E-state index >= 15 is 0 Å². The predicted octanol–water partition coefficient (Wildman–Crippen LogP) is 5.82. The molecule has 3 aromatic rings. The minimum absolute atomic E-state index is 0.166. The van der Waals surface area contributed by atoms with Gasteiger partial charge >= 0.3 is 0 Å². The van der Waals surface area contributed by atoms with Crippen molar-refractivity contribution in [3.63, 3.8) is 0 Å². The average Bonchev–Trinajstić information content (AvgIpc) is 2.62. The molecule has 0 bridgehead atoms. The molecule has 0 aliphatic carbocycles. The van der Waals surface area contributed by atoms with E-state index in [1.165, 1.54) is 0 Å². The maximum Gasteiger partial charge on any atom is 0.163 e. The molecule has 0 heterocycles. The molecule has 0 atom stereocenters. The molecular formula is C21H17ClO. The monoisotopic (exact) mass is 320 g/mol. The van der Waals surface area contributed by atoms with Crippen LogP contribution in [0.3, 0.4) is 0 Å². The summed E-state index contributed by atoms with van der Waals surface area (Å²) >= 11 is 5.87. The van der Waals surface area contributed by atoms with Gasteiger partial charge in [-0.3, -0.25) is 4.79 Å². The van der Waals surface area contributed by atoms with Crippen molar-refractivity contribution in [2.24, 2.45) is 0 Å². The molecule has 0 aliphatic rings. The topological polar surface area (TPSA) is 17.1 Å². The van der Waals surface area contributed by atoms with Gasteiger partial charge in [0.15, 0.2) is 5.78 Å². The molecule has 1 nitrogen and oxygen atoms in total. The smallest absolute Gasteiger partial charge is 0.163 e. The van der Waals surface area contributed by atoms with Crippen LogP contribution >= 0.6 is 11.6 Å². The molecule has 23 heavy (non-hydrogen) atoms. The first-order valence-corrected chi connectivity index (χ1v) is 8.03. The van der Waals surface area contributed by atoms with Gasteiger partial charge in [-0.25, -0.2) is 0 Å². The van der Waals surface area contributed by atoms with E-state index in [4.69, 9.17) is 11.6 Å². The standard InChI is InChI=1S/C21H17ClO/c22-20-13-6-16(7-14-20)8-15-21(23)19-11-9-18(10-12-19)17-4-2-1-3-5-17/h1-7,9-14H,8,15H2. The van der Waals surface area contributed by atoms with Gasteiger partial charge in [0.05, 0.1) is 0 Å². The molecule has 0 saturated carbocycles. The molecule has 3 rings (SSSR count). The van der Waals surface area contributed by atoms with E-state index in [-0.39, 0.29) is 5.78 Å². The molecule has 0 saturated heterocycles. The quantitative estimate of drug-likeness (QED) is 0.541. The van der Waals surface area contributed by atoms with Gasteiger partial charge in [-0.2, -0.15) is 0 Å². The van der Waals surface area contributed by atoms with Crippen LogP contribution in [-0.4, -0.2) is 5.78 Å². The van der Waals surface area contributed by atoms with Crippen LogP contribution in [-0.2, 0) is 6.42 Å². The van der Waals surface area contributed by atoms with Crippen molar-refractivity contribution in [3.8, 4) is 11.1 Å². The lowest BCUT2D eigenvalue weighted by atomic mass is 9.99. The minimum atomic E-state index is 0.166. The summed E-state index contributed by atoms with van der Waals surface area (Å²) in [6, 6.07) is 25.6. The van der Waals surface area contributed by atoms with Gasteiger partial charge in [0.25, 0.3) is 0 Å². The van der Waals surface area contributed by atoms with Crippen LogP contribution in [0.2, 0.25) is 5.02 Å². The molecule has 0 fully saturated rings. The van der Waals surface area contributed by atoms with Crippen LogP contribution in [0.15, 0.2) is 78.9 Å². The summed E-state index contributed by atoms with van der Waals surface area (Å²) < 4.78 is 0. The van der Waals surface area contributed by atoms with Crippen LogP contribution < -0.4 is 0 Å². The summed E-state index contributed by atoms with van der Waals surface area (Å²) in [6.45, 7) is 0. The highest BCUT2D eigenvalue weighted by molar-refractivity contribution is 6.30. The van der Waals surface area contributed by atoms with Crippen LogP contribution in [0.5, 0.6) is 0 Å². The molecular weight excluding hydrogens is 304 g/mol. The van der Waals surface area contributed by atoms with Crippen molar-refractivity contribution in [2.45, 2.75) is 12.8 Å². The molecule has 2 heteroatoms. The highest BCUT2D eigenvalue weighted by Crippen LogP contribution is 2.20. The normalized spacial score (nSPS) is 10.5. The van der Waals surface area contributed by atoms with E-state index in [1.54, 1.807) is 0 Å². The summed E-state index contributed by atoms with van der Waals surface area (Å²) in [5.74, 6) is 0.166. The Kier molecular flexibility index (Phi) is 4.89. The van der Waals surface area contributed by atoms with Crippen molar-refractivity contribution in [3.05, 3.63) is 95.0 Å². The SMILES string of the molecule is O=C(CCc1ccc(Cl)cc1)c1ccc(-c2ccccc2)cc1. The maximum atomic E-state index is 12.3. The fourth-order valence-corrected chi connectivity index (χ4v) is 2.66. The first kappa shape index (κ1) is 15.5. The number of Topliss-reactive ketones (excluding diaryl/α,β-unsaturated/α-hetero) is 1. The molecule has 0 aromatic heterocycles. The highest BCUT2D eigenvalue weighted by atomic mass is 35.5. The van der Waals surface area contributed by atoms with Gasteiger partial charge in [0.2, 0.25) is 0 Å². The Morgan fingerprint density at radius 1 is 0.739 bits per heavy atom. The van der Waals surface area contributed by atoms with Crippen molar-refractivity contribution < 1.29 is 4.79 Å². The summed E-state index contributed by atoms with van der Waals surface area (Å²) in [6.07, 6.45) is 1.24. The number of hydrogen-bond donors (Lipinski definition) is 0. The van der Waals surface area contributed by atoms with Gasteiger partial charge in [-0.05, 0) is 35.2 Å². The summed E-state index contributed by atoms with van der Waals surface area (Å²) in [7, 11) is 0. The second-order valence-corrected chi connectivity index (χ2v) is 5.93. The molecule has 0 N–H and O–H groups in total. The number of ketones is 1. The largest absolute Gasteiger partial charge is 0.294 e. The highest BCUT2D eigenvalue weighted by Gasteiger charge is 2.07. The van der Waals surface area contributed by atoms with Gasteiger partial charge in [0, 0.05) is 17.0 Å². The predicted molar refractivity (Wildman–Crippen MR) is 96.0 cm³/mol. The van der Waals surface area contributed by atoms with Crippen molar-refractivity contribution >= 4 is 17.4 Å². The summed E-state index contributed by atoms with van der Waals surface area (Å²) in [5, 5.41) is 0.719. The van der Waals surface area contributed by atoms with Crippen LogP contribution in [0.25, 0.3) is 11.1 Å². The van der Waals surface area contributed by atoms with Gasteiger partial charge in [0.1, 0.15) is 0 Å².